The highest BCUT2D eigenvalue weighted by molar-refractivity contribution is 6.30. The van der Waals surface area contributed by atoms with Crippen LogP contribution in [0.15, 0.2) is 48.5 Å². The van der Waals surface area contributed by atoms with Gasteiger partial charge in [-0.2, -0.15) is 0 Å². The SMILES string of the molecule is CCN(Cc1cccc(F)c1)C(=O)NC(C)c1ccc(Cl)cc1. The molecule has 2 rings (SSSR count). The quantitative estimate of drug-likeness (QED) is 0.839. The number of carbonyl (C=O) groups is 1. The fourth-order valence-electron chi connectivity index (χ4n) is 2.29. The largest absolute Gasteiger partial charge is 0.331 e. The second kappa shape index (κ2) is 7.97. The standard InChI is InChI=1S/C18H20ClFN2O/c1-3-22(12-14-5-4-6-17(20)11-14)18(23)21-13(2)15-7-9-16(19)10-8-15/h4-11,13H,3,12H2,1-2H3,(H,21,23). The summed E-state index contributed by atoms with van der Waals surface area (Å²) in [4.78, 5) is 14.0. The molecule has 23 heavy (non-hydrogen) atoms. The van der Waals surface area contributed by atoms with Crippen LogP contribution in [0, 0.1) is 5.82 Å². The van der Waals surface area contributed by atoms with E-state index in [0.29, 0.717) is 18.1 Å². The maximum absolute atomic E-state index is 13.3. The van der Waals surface area contributed by atoms with Crippen LogP contribution in [0.5, 0.6) is 0 Å². The average Bonchev–Trinajstić information content (AvgIpc) is 2.53. The molecule has 5 heteroatoms. The van der Waals surface area contributed by atoms with Crippen molar-refractivity contribution in [1.82, 2.24) is 10.2 Å². The number of amides is 2. The summed E-state index contributed by atoms with van der Waals surface area (Å²) in [5, 5.41) is 3.61. The fourth-order valence-corrected chi connectivity index (χ4v) is 2.42. The summed E-state index contributed by atoms with van der Waals surface area (Å²) >= 11 is 5.87. The van der Waals surface area contributed by atoms with Crippen molar-refractivity contribution in [2.24, 2.45) is 0 Å². The maximum atomic E-state index is 13.3. The van der Waals surface area contributed by atoms with Gasteiger partial charge in [-0.1, -0.05) is 35.9 Å². The van der Waals surface area contributed by atoms with E-state index in [2.05, 4.69) is 5.32 Å². The minimum atomic E-state index is -0.298. The van der Waals surface area contributed by atoms with E-state index in [1.54, 1.807) is 23.1 Å². The number of halogens is 2. The molecule has 1 N–H and O–H groups in total. The molecular formula is C18H20ClFN2O. The smallest absolute Gasteiger partial charge is 0.318 e. The number of hydrogen-bond donors (Lipinski definition) is 1. The van der Waals surface area contributed by atoms with Gasteiger partial charge < -0.3 is 10.2 Å². The van der Waals surface area contributed by atoms with Crippen LogP contribution >= 0.6 is 11.6 Å². The minimum Gasteiger partial charge on any atom is -0.331 e. The molecule has 122 valence electrons. The Kier molecular flexibility index (Phi) is 5.99. The number of hydrogen-bond acceptors (Lipinski definition) is 1. The highest BCUT2D eigenvalue weighted by atomic mass is 35.5. The van der Waals surface area contributed by atoms with Crippen LogP contribution in [0.2, 0.25) is 5.02 Å². The molecule has 1 unspecified atom stereocenters. The van der Waals surface area contributed by atoms with Gasteiger partial charge in [0.05, 0.1) is 6.04 Å². The zero-order valence-corrected chi connectivity index (χ0v) is 14.0. The first-order valence-corrected chi connectivity index (χ1v) is 7.92. The maximum Gasteiger partial charge on any atom is 0.318 e. The van der Waals surface area contributed by atoms with E-state index in [9.17, 15) is 9.18 Å². The van der Waals surface area contributed by atoms with E-state index in [0.717, 1.165) is 11.1 Å². The molecule has 0 spiro atoms. The van der Waals surface area contributed by atoms with Gasteiger partial charge in [0.15, 0.2) is 0 Å². The van der Waals surface area contributed by atoms with Crippen LogP contribution in [0.25, 0.3) is 0 Å². The van der Waals surface area contributed by atoms with Gasteiger partial charge in [0, 0.05) is 18.1 Å². The molecule has 0 aliphatic heterocycles. The van der Waals surface area contributed by atoms with Crippen molar-refractivity contribution < 1.29 is 9.18 Å². The first-order chi connectivity index (χ1) is 11.0. The number of carbonyl (C=O) groups excluding carboxylic acids is 1. The average molecular weight is 335 g/mol. The first kappa shape index (κ1) is 17.3. The third-order valence-electron chi connectivity index (χ3n) is 3.64. The topological polar surface area (TPSA) is 32.3 Å². The lowest BCUT2D eigenvalue weighted by molar-refractivity contribution is 0.194. The molecule has 2 aromatic rings. The first-order valence-electron chi connectivity index (χ1n) is 7.55. The van der Waals surface area contributed by atoms with Gasteiger partial charge in [-0.05, 0) is 49.2 Å². The Morgan fingerprint density at radius 1 is 1.26 bits per heavy atom. The van der Waals surface area contributed by atoms with Gasteiger partial charge in [0.2, 0.25) is 0 Å². The lowest BCUT2D eigenvalue weighted by Crippen LogP contribution is -2.40. The molecule has 3 nitrogen and oxygen atoms in total. The van der Waals surface area contributed by atoms with Gasteiger partial charge in [-0.3, -0.25) is 0 Å². The summed E-state index contributed by atoms with van der Waals surface area (Å²) in [6, 6.07) is 13.3. The van der Waals surface area contributed by atoms with Crippen LogP contribution in [-0.4, -0.2) is 17.5 Å². The van der Waals surface area contributed by atoms with Crippen molar-refractivity contribution in [3.05, 3.63) is 70.5 Å². The monoisotopic (exact) mass is 334 g/mol. The molecule has 0 radical (unpaired) electrons. The molecule has 0 fully saturated rings. The number of nitrogens with zero attached hydrogens (tertiary/aromatic N) is 1. The van der Waals surface area contributed by atoms with E-state index in [4.69, 9.17) is 11.6 Å². The molecule has 0 saturated carbocycles. The Morgan fingerprint density at radius 3 is 2.57 bits per heavy atom. The summed E-state index contributed by atoms with van der Waals surface area (Å²) in [7, 11) is 0. The predicted molar refractivity (Wildman–Crippen MR) is 90.9 cm³/mol. The molecule has 0 bridgehead atoms. The number of urea groups is 1. The van der Waals surface area contributed by atoms with E-state index in [1.807, 2.05) is 32.0 Å². The van der Waals surface area contributed by atoms with Crippen LogP contribution in [0.1, 0.15) is 31.0 Å². The van der Waals surface area contributed by atoms with Gasteiger partial charge in [0.25, 0.3) is 0 Å². The van der Waals surface area contributed by atoms with Crippen molar-refractivity contribution in [3.8, 4) is 0 Å². The number of nitrogens with one attached hydrogen (secondary N) is 1. The molecule has 2 aromatic carbocycles. The second-order valence-electron chi connectivity index (χ2n) is 5.37. The lowest BCUT2D eigenvalue weighted by atomic mass is 10.1. The molecular weight excluding hydrogens is 315 g/mol. The predicted octanol–water partition coefficient (Wildman–Crippen LogP) is 4.77. The Balaban J connectivity index is 2.00. The highest BCUT2D eigenvalue weighted by Gasteiger charge is 2.15. The molecule has 0 saturated heterocycles. The summed E-state index contributed by atoms with van der Waals surface area (Å²) in [5.41, 5.74) is 1.74. The number of rotatable bonds is 5. The van der Waals surface area contributed by atoms with Gasteiger partial charge in [-0.25, -0.2) is 9.18 Å². The molecule has 1 atom stereocenters. The molecule has 0 aliphatic rings. The molecule has 0 aliphatic carbocycles. The van der Waals surface area contributed by atoms with E-state index < -0.39 is 0 Å². The van der Waals surface area contributed by atoms with E-state index >= 15 is 0 Å². The molecule has 2 amide bonds. The van der Waals surface area contributed by atoms with Crippen LogP contribution in [0.3, 0.4) is 0 Å². The summed E-state index contributed by atoms with van der Waals surface area (Å²) < 4.78 is 13.3. The van der Waals surface area contributed by atoms with Crippen molar-refractivity contribution in [1.29, 1.82) is 0 Å². The third kappa shape index (κ3) is 4.96. The Morgan fingerprint density at radius 2 is 1.96 bits per heavy atom. The van der Waals surface area contributed by atoms with Crippen molar-refractivity contribution in [2.45, 2.75) is 26.4 Å². The van der Waals surface area contributed by atoms with E-state index in [-0.39, 0.29) is 17.9 Å². The van der Waals surface area contributed by atoms with Crippen molar-refractivity contribution in [3.63, 3.8) is 0 Å². The summed E-state index contributed by atoms with van der Waals surface area (Å²) in [6.45, 7) is 4.71. The minimum absolute atomic E-state index is 0.138. The molecule has 0 heterocycles. The summed E-state index contributed by atoms with van der Waals surface area (Å²) in [5.74, 6) is -0.298. The van der Waals surface area contributed by atoms with Gasteiger partial charge in [0.1, 0.15) is 5.82 Å². The zero-order valence-electron chi connectivity index (χ0n) is 13.2. The number of benzene rings is 2. The normalized spacial score (nSPS) is 11.8. The van der Waals surface area contributed by atoms with Crippen LogP contribution in [-0.2, 0) is 6.54 Å². The Bertz CT molecular complexity index is 660. The fraction of sp³-hybridized carbons (Fsp3) is 0.278. The zero-order chi connectivity index (χ0) is 16.8. The highest BCUT2D eigenvalue weighted by Crippen LogP contribution is 2.16. The Labute approximate surface area is 141 Å². The van der Waals surface area contributed by atoms with Crippen LogP contribution in [0.4, 0.5) is 9.18 Å². The van der Waals surface area contributed by atoms with Gasteiger partial charge in [-0.15, -0.1) is 0 Å². The molecule has 0 aromatic heterocycles. The lowest BCUT2D eigenvalue weighted by Gasteiger charge is -2.24. The van der Waals surface area contributed by atoms with Gasteiger partial charge >= 0.3 is 6.03 Å². The van der Waals surface area contributed by atoms with Crippen molar-refractivity contribution >= 4 is 17.6 Å². The summed E-state index contributed by atoms with van der Waals surface area (Å²) in [6.07, 6.45) is 0. The van der Waals surface area contributed by atoms with E-state index in [1.165, 1.54) is 12.1 Å². The third-order valence-corrected chi connectivity index (χ3v) is 3.89. The van der Waals surface area contributed by atoms with Crippen molar-refractivity contribution in [2.75, 3.05) is 6.54 Å². The second-order valence-corrected chi connectivity index (χ2v) is 5.80. The van der Waals surface area contributed by atoms with Crippen LogP contribution < -0.4 is 5.32 Å². The Hall–Kier alpha value is -2.07.